The van der Waals surface area contributed by atoms with Gasteiger partial charge in [0.05, 0.1) is 25.8 Å². The van der Waals surface area contributed by atoms with E-state index >= 15 is 0 Å². The minimum absolute atomic E-state index is 0.0204. The van der Waals surface area contributed by atoms with Crippen molar-refractivity contribution < 1.29 is 24.2 Å². The summed E-state index contributed by atoms with van der Waals surface area (Å²) in [5.41, 5.74) is 3.64. The third-order valence-electron chi connectivity index (χ3n) is 7.07. The van der Waals surface area contributed by atoms with E-state index in [0.717, 1.165) is 30.8 Å². The van der Waals surface area contributed by atoms with Crippen LogP contribution in [0, 0.1) is 0 Å². The zero-order valence-corrected chi connectivity index (χ0v) is 22.5. The lowest BCUT2D eigenvalue weighted by molar-refractivity contribution is -0.132. The molecule has 3 aromatic rings. The lowest BCUT2D eigenvalue weighted by Gasteiger charge is -2.27. The number of aryl methyl sites for hydroxylation is 1. The highest BCUT2D eigenvalue weighted by Gasteiger charge is 2.47. The third kappa shape index (κ3) is 4.72. The van der Waals surface area contributed by atoms with Crippen molar-refractivity contribution in [1.82, 2.24) is 0 Å². The normalized spacial score (nSPS) is 16.6. The van der Waals surface area contributed by atoms with Crippen LogP contribution in [0.15, 0.2) is 72.3 Å². The van der Waals surface area contributed by atoms with Crippen LogP contribution in [0.3, 0.4) is 0 Å². The average molecular weight is 515 g/mol. The molecule has 1 unspecified atom stereocenters. The number of hydrogen-bond donors (Lipinski definition) is 1. The number of ketones is 1. The highest BCUT2D eigenvalue weighted by molar-refractivity contribution is 6.51. The first-order chi connectivity index (χ1) is 18.4. The maximum absolute atomic E-state index is 13.6. The fourth-order valence-corrected chi connectivity index (χ4v) is 4.98. The minimum Gasteiger partial charge on any atom is -0.506 e. The number of ether oxygens (including phenoxy) is 2. The molecule has 1 fully saturated rings. The summed E-state index contributed by atoms with van der Waals surface area (Å²) in [5, 5.41) is 11.6. The summed E-state index contributed by atoms with van der Waals surface area (Å²) < 4.78 is 11.0. The molecule has 1 N–H and O–H groups in total. The predicted octanol–water partition coefficient (Wildman–Crippen LogP) is 5.74. The Morgan fingerprint density at radius 2 is 1.45 bits per heavy atom. The number of Topliss-reactive ketones (excluding diaryl/α,β-unsaturated/α-hetero) is 1. The van der Waals surface area contributed by atoms with Crippen LogP contribution in [0.25, 0.3) is 5.76 Å². The summed E-state index contributed by atoms with van der Waals surface area (Å²) in [4.78, 5) is 30.8. The van der Waals surface area contributed by atoms with Crippen molar-refractivity contribution in [2.75, 3.05) is 37.1 Å². The zero-order valence-electron chi connectivity index (χ0n) is 22.5. The van der Waals surface area contributed by atoms with Crippen molar-refractivity contribution >= 4 is 28.8 Å². The van der Waals surface area contributed by atoms with E-state index in [-0.39, 0.29) is 16.9 Å². The first-order valence-electron chi connectivity index (χ1n) is 12.9. The SMILES string of the molecule is CCc1ccc(N2C(=O)C(=O)/C(=C(/O)c3c(OC)cccc3OC)C2c2ccc(N(CC)CC)cc2)cc1. The fourth-order valence-electron chi connectivity index (χ4n) is 4.98. The second-order valence-corrected chi connectivity index (χ2v) is 8.99. The van der Waals surface area contributed by atoms with Gasteiger partial charge in [-0.25, -0.2) is 0 Å². The van der Waals surface area contributed by atoms with Crippen molar-refractivity contribution in [2.24, 2.45) is 0 Å². The number of anilines is 2. The molecule has 7 nitrogen and oxygen atoms in total. The highest BCUT2D eigenvalue weighted by Crippen LogP contribution is 2.45. The van der Waals surface area contributed by atoms with Crippen molar-refractivity contribution in [3.05, 3.63) is 89.0 Å². The van der Waals surface area contributed by atoms with E-state index in [1.807, 2.05) is 48.5 Å². The lowest BCUT2D eigenvalue weighted by Crippen LogP contribution is -2.29. The smallest absolute Gasteiger partial charge is 0.300 e. The number of methoxy groups -OCH3 is 2. The van der Waals surface area contributed by atoms with Crippen LogP contribution in [-0.2, 0) is 16.0 Å². The first-order valence-corrected chi connectivity index (χ1v) is 12.9. The number of aliphatic hydroxyl groups excluding tert-OH is 1. The Kier molecular flexibility index (Phi) is 8.05. The van der Waals surface area contributed by atoms with Crippen LogP contribution in [-0.4, -0.2) is 44.1 Å². The summed E-state index contributed by atoms with van der Waals surface area (Å²) >= 11 is 0. The van der Waals surface area contributed by atoms with Crippen molar-refractivity contribution in [3.63, 3.8) is 0 Å². The maximum atomic E-state index is 13.6. The molecule has 1 aliphatic rings. The Bertz CT molecular complexity index is 1320. The van der Waals surface area contributed by atoms with Gasteiger partial charge in [-0.3, -0.25) is 14.5 Å². The van der Waals surface area contributed by atoms with E-state index in [1.54, 1.807) is 18.2 Å². The van der Waals surface area contributed by atoms with Crippen LogP contribution in [0.1, 0.15) is 43.5 Å². The predicted molar refractivity (Wildman–Crippen MR) is 150 cm³/mol. The summed E-state index contributed by atoms with van der Waals surface area (Å²) in [6.07, 6.45) is 0.850. The quantitative estimate of drug-likeness (QED) is 0.223. The van der Waals surface area contributed by atoms with E-state index < -0.39 is 17.7 Å². The van der Waals surface area contributed by atoms with Gasteiger partial charge in [-0.05, 0) is 67.8 Å². The van der Waals surface area contributed by atoms with Gasteiger partial charge in [0.25, 0.3) is 11.7 Å². The second kappa shape index (κ2) is 11.4. The molecule has 1 heterocycles. The molecule has 1 saturated heterocycles. The van der Waals surface area contributed by atoms with E-state index in [0.29, 0.717) is 22.7 Å². The Morgan fingerprint density at radius 3 is 1.95 bits per heavy atom. The molecular weight excluding hydrogens is 480 g/mol. The highest BCUT2D eigenvalue weighted by atomic mass is 16.5. The fraction of sp³-hybridized carbons (Fsp3) is 0.290. The van der Waals surface area contributed by atoms with E-state index in [9.17, 15) is 14.7 Å². The van der Waals surface area contributed by atoms with Gasteiger partial charge in [-0.15, -0.1) is 0 Å². The molecule has 38 heavy (non-hydrogen) atoms. The standard InChI is InChI=1S/C31H34N2O5/c1-6-20-12-16-23(17-13-20)33-28(21-14-18-22(19-15-21)32(7-2)8-3)27(30(35)31(33)36)29(34)26-24(37-4)10-9-11-25(26)38-5/h9-19,28,34H,6-8H2,1-5H3/b29-27+. The molecule has 0 saturated carbocycles. The number of hydrogen-bond acceptors (Lipinski definition) is 6. The number of benzene rings is 3. The molecule has 1 amide bonds. The van der Waals surface area contributed by atoms with Gasteiger partial charge in [-0.2, -0.15) is 0 Å². The Hall–Kier alpha value is -4.26. The number of carbonyl (C=O) groups excluding carboxylic acids is 2. The van der Waals surface area contributed by atoms with Crippen molar-refractivity contribution in [1.29, 1.82) is 0 Å². The van der Waals surface area contributed by atoms with Gasteiger partial charge in [0.2, 0.25) is 0 Å². The number of aliphatic hydroxyl groups is 1. The molecule has 1 atom stereocenters. The van der Waals surface area contributed by atoms with Crippen molar-refractivity contribution in [2.45, 2.75) is 33.2 Å². The molecular formula is C31H34N2O5. The Balaban J connectivity index is 1.95. The van der Waals surface area contributed by atoms with Crippen LogP contribution in [0.5, 0.6) is 11.5 Å². The first kappa shape index (κ1) is 26.8. The van der Waals surface area contributed by atoms with Crippen LogP contribution in [0.2, 0.25) is 0 Å². The number of amides is 1. The molecule has 0 bridgehead atoms. The largest absolute Gasteiger partial charge is 0.506 e. The van der Waals surface area contributed by atoms with Crippen LogP contribution in [0.4, 0.5) is 11.4 Å². The van der Waals surface area contributed by atoms with Gasteiger partial charge in [-0.1, -0.05) is 37.3 Å². The van der Waals surface area contributed by atoms with Crippen molar-refractivity contribution in [3.8, 4) is 11.5 Å². The van der Waals surface area contributed by atoms with Gasteiger partial charge in [0.15, 0.2) is 0 Å². The van der Waals surface area contributed by atoms with Crippen LogP contribution >= 0.6 is 0 Å². The molecule has 0 radical (unpaired) electrons. The minimum atomic E-state index is -0.845. The molecule has 7 heteroatoms. The number of carbonyl (C=O) groups is 2. The zero-order chi connectivity index (χ0) is 27.4. The second-order valence-electron chi connectivity index (χ2n) is 8.99. The molecule has 1 aliphatic heterocycles. The van der Waals surface area contributed by atoms with E-state index in [2.05, 4.69) is 25.7 Å². The van der Waals surface area contributed by atoms with Gasteiger partial charge < -0.3 is 19.5 Å². The molecule has 198 valence electrons. The molecule has 0 aliphatic carbocycles. The Labute approximate surface area is 223 Å². The average Bonchev–Trinajstić information content (AvgIpc) is 3.23. The van der Waals surface area contributed by atoms with Gasteiger partial charge in [0, 0.05) is 24.5 Å². The Morgan fingerprint density at radius 1 is 0.868 bits per heavy atom. The maximum Gasteiger partial charge on any atom is 0.300 e. The summed E-state index contributed by atoms with van der Waals surface area (Å²) in [5.74, 6) is -1.16. The molecule has 4 rings (SSSR count). The molecule has 0 aromatic heterocycles. The van der Waals surface area contributed by atoms with E-state index in [1.165, 1.54) is 19.1 Å². The number of rotatable bonds is 9. The van der Waals surface area contributed by atoms with Gasteiger partial charge in [0.1, 0.15) is 22.8 Å². The third-order valence-corrected chi connectivity index (χ3v) is 7.07. The van der Waals surface area contributed by atoms with E-state index in [4.69, 9.17) is 9.47 Å². The topological polar surface area (TPSA) is 79.3 Å². The summed E-state index contributed by atoms with van der Waals surface area (Å²) in [7, 11) is 2.95. The summed E-state index contributed by atoms with van der Waals surface area (Å²) in [6, 6.07) is 19.6. The molecule has 0 spiro atoms. The van der Waals surface area contributed by atoms with Gasteiger partial charge >= 0.3 is 0 Å². The molecule has 3 aromatic carbocycles. The monoisotopic (exact) mass is 514 g/mol. The summed E-state index contributed by atoms with van der Waals surface area (Å²) in [6.45, 7) is 7.94. The van der Waals surface area contributed by atoms with Crippen LogP contribution < -0.4 is 19.3 Å². The lowest BCUT2D eigenvalue weighted by atomic mass is 9.94. The number of nitrogens with zero attached hydrogens (tertiary/aromatic N) is 2.